The Bertz CT molecular complexity index is 1030. The van der Waals surface area contributed by atoms with Gasteiger partial charge in [0.25, 0.3) is 0 Å². The third-order valence-corrected chi connectivity index (χ3v) is 6.40. The molecule has 3 aromatic heterocycles. The summed E-state index contributed by atoms with van der Waals surface area (Å²) in [6.45, 7) is 4.34. The first-order valence-corrected chi connectivity index (χ1v) is 10.9. The van der Waals surface area contributed by atoms with Crippen molar-refractivity contribution in [3.8, 4) is 22.6 Å². The summed E-state index contributed by atoms with van der Waals surface area (Å²) in [5.41, 5.74) is 2.74. The molecule has 5 heterocycles. The number of hydrogen-bond acceptors (Lipinski definition) is 7. The maximum atomic E-state index is 11.6. The second kappa shape index (κ2) is 8.55. The molecule has 8 nitrogen and oxygen atoms in total. The molecule has 0 aromatic carbocycles. The second-order valence-electron chi connectivity index (χ2n) is 8.26. The van der Waals surface area contributed by atoms with E-state index in [-0.39, 0.29) is 11.9 Å². The highest BCUT2D eigenvalue weighted by atomic mass is 16.5. The van der Waals surface area contributed by atoms with Gasteiger partial charge in [-0.1, -0.05) is 5.16 Å². The lowest BCUT2D eigenvalue weighted by Crippen LogP contribution is -2.46. The van der Waals surface area contributed by atoms with Gasteiger partial charge in [-0.3, -0.25) is 19.7 Å². The summed E-state index contributed by atoms with van der Waals surface area (Å²) in [4.78, 5) is 29.4. The lowest BCUT2D eigenvalue weighted by atomic mass is 10.0. The van der Waals surface area contributed by atoms with Crippen LogP contribution in [0, 0.1) is 0 Å². The number of nitrogens with zero attached hydrogens (tertiary/aromatic N) is 6. The Balaban J connectivity index is 1.29. The summed E-state index contributed by atoms with van der Waals surface area (Å²) < 4.78 is 5.69. The molecule has 160 valence electrons. The molecule has 8 heteroatoms. The van der Waals surface area contributed by atoms with Crippen LogP contribution >= 0.6 is 0 Å². The Kier molecular flexibility index (Phi) is 5.46. The van der Waals surface area contributed by atoms with Gasteiger partial charge < -0.3 is 9.42 Å². The van der Waals surface area contributed by atoms with Crippen molar-refractivity contribution < 1.29 is 9.32 Å². The van der Waals surface area contributed by atoms with Crippen LogP contribution in [0.2, 0.25) is 0 Å². The van der Waals surface area contributed by atoms with Crippen molar-refractivity contribution in [2.75, 3.05) is 19.6 Å². The Hall–Kier alpha value is -3.13. The van der Waals surface area contributed by atoms with Gasteiger partial charge in [0.2, 0.25) is 17.6 Å². The maximum absolute atomic E-state index is 11.6. The van der Waals surface area contributed by atoms with Crippen LogP contribution in [-0.2, 0) is 4.79 Å². The zero-order chi connectivity index (χ0) is 21.2. The summed E-state index contributed by atoms with van der Waals surface area (Å²) >= 11 is 0. The molecule has 0 aliphatic carbocycles. The van der Waals surface area contributed by atoms with Gasteiger partial charge in [-0.15, -0.1) is 0 Å². The van der Waals surface area contributed by atoms with Gasteiger partial charge in [-0.2, -0.15) is 4.98 Å². The first-order valence-electron chi connectivity index (χ1n) is 10.9. The lowest BCUT2D eigenvalue weighted by Gasteiger charge is -2.38. The number of rotatable bonds is 4. The second-order valence-corrected chi connectivity index (χ2v) is 8.26. The van der Waals surface area contributed by atoms with Crippen molar-refractivity contribution in [1.29, 1.82) is 0 Å². The van der Waals surface area contributed by atoms with Gasteiger partial charge in [0.15, 0.2) is 0 Å². The fraction of sp³-hybridized carbons (Fsp3) is 0.435. The number of pyridine rings is 2. The fourth-order valence-electron chi connectivity index (χ4n) is 4.71. The molecule has 0 saturated carbocycles. The molecule has 5 rings (SSSR count). The van der Waals surface area contributed by atoms with Crippen molar-refractivity contribution in [3.63, 3.8) is 0 Å². The molecule has 31 heavy (non-hydrogen) atoms. The Labute approximate surface area is 181 Å². The number of likely N-dealkylation sites (tertiary alicyclic amines) is 2. The molecule has 0 unspecified atom stereocenters. The van der Waals surface area contributed by atoms with E-state index in [1.165, 1.54) is 0 Å². The Morgan fingerprint density at radius 2 is 1.84 bits per heavy atom. The minimum absolute atomic E-state index is 0.152. The monoisotopic (exact) mass is 418 g/mol. The summed E-state index contributed by atoms with van der Waals surface area (Å²) in [6.07, 6.45) is 9.44. The number of carbonyl (C=O) groups is 1. The van der Waals surface area contributed by atoms with Crippen molar-refractivity contribution in [1.82, 2.24) is 29.9 Å². The smallest absolute Gasteiger partial charge is 0.244 e. The van der Waals surface area contributed by atoms with Gasteiger partial charge in [0, 0.05) is 55.8 Å². The van der Waals surface area contributed by atoms with Gasteiger partial charge in [0.1, 0.15) is 0 Å². The van der Waals surface area contributed by atoms with Gasteiger partial charge >= 0.3 is 0 Å². The molecule has 0 radical (unpaired) electrons. The Morgan fingerprint density at radius 3 is 2.55 bits per heavy atom. The predicted molar refractivity (Wildman–Crippen MR) is 115 cm³/mol. The highest BCUT2D eigenvalue weighted by Crippen LogP contribution is 2.36. The Morgan fingerprint density at radius 1 is 1.03 bits per heavy atom. The van der Waals surface area contributed by atoms with E-state index in [1.54, 1.807) is 25.5 Å². The van der Waals surface area contributed by atoms with Crippen LogP contribution in [0.5, 0.6) is 0 Å². The van der Waals surface area contributed by atoms with Crippen molar-refractivity contribution in [3.05, 3.63) is 48.7 Å². The minimum atomic E-state index is 0.152. The zero-order valence-corrected chi connectivity index (χ0v) is 17.6. The quantitative estimate of drug-likeness (QED) is 0.642. The fourth-order valence-corrected chi connectivity index (χ4v) is 4.71. The van der Waals surface area contributed by atoms with Crippen LogP contribution < -0.4 is 0 Å². The first kappa shape index (κ1) is 19.8. The average molecular weight is 419 g/mol. The topological polar surface area (TPSA) is 88.3 Å². The van der Waals surface area contributed by atoms with Gasteiger partial charge in [-0.25, -0.2) is 0 Å². The largest absolute Gasteiger partial charge is 0.343 e. The number of hydrogen-bond donors (Lipinski definition) is 0. The van der Waals surface area contributed by atoms with E-state index in [4.69, 9.17) is 9.51 Å². The molecule has 2 fully saturated rings. The number of carbonyl (C=O) groups excluding carboxylic acids is 1. The van der Waals surface area contributed by atoms with Crippen LogP contribution in [-0.4, -0.2) is 61.5 Å². The summed E-state index contributed by atoms with van der Waals surface area (Å²) in [6, 6.07) is 8.42. The third kappa shape index (κ3) is 4.07. The average Bonchev–Trinajstić information content (AvgIpc) is 3.50. The molecule has 2 aliphatic heterocycles. The van der Waals surface area contributed by atoms with E-state index in [0.717, 1.165) is 62.1 Å². The van der Waals surface area contributed by atoms with Crippen LogP contribution in [0.3, 0.4) is 0 Å². The molecule has 0 spiro atoms. The number of aromatic nitrogens is 4. The van der Waals surface area contributed by atoms with Gasteiger partial charge in [0.05, 0.1) is 11.7 Å². The van der Waals surface area contributed by atoms with E-state index in [0.29, 0.717) is 17.8 Å². The molecule has 0 bridgehead atoms. The zero-order valence-electron chi connectivity index (χ0n) is 17.6. The highest BCUT2D eigenvalue weighted by Gasteiger charge is 2.37. The van der Waals surface area contributed by atoms with Crippen LogP contribution in [0.25, 0.3) is 22.6 Å². The molecule has 2 saturated heterocycles. The number of amides is 1. The van der Waals surface area contributed by atoms with E-state index >= 15 is 0 Å². The maximum Gasteiger partial charge on any atom is 0.244 e. The van der Waals surface area contributed by atoms with Gasteiger partial charge in [-0.05, 0) is 56.5 Å². The molecule has 1 atom stereocenters. The SMILES string of the molecule is CC(=O)N1CCC(N2CCC[C@H]2c2nc(-c3ccc(-c4ccncc4)nc3)no2)CC1. The van der Waals surface area contributed by atoms with E-state index in [1.807, 2.05) is 29.2 Å². The van der Waals surface area contributed by atoms with E-state index in [9.17, 15) is 4.79 Å². The molecular weight excluding hydrogens is 392 g/mol. The van der Waals surface area contributed by atoms with Crippen LogP contribution in [0.15, 0.2) is 47.4 Å². The molecular formula is C23H26N6O2. The van der Waals surface area contributed by atoms with Crippen LogP contribution in [0.1, 0.15) is 44.5 Å². The lowest BCUT2D eigenvalue weighted by molar-refractivity contribution is -0.130. The van der Waals surface area contributed by atoms with E-state index < -0.39 is 0 Å². The van der Waals surface area contributed by atoms with Crippen molar-refractivity contribution >= 4 is 5.91 Å². The molecule has 1 amide bonds. The minimum Gasteiger partial charge on any atom is -0.343 e. The molecule has 2 aliphatic rings. The predicted octanol–water partition coefficient (Wildman–Crippen LogP) is 3.34. The van der Waals surface area contributed by atoms with Crippen LogP contribution in [0.4, 0.5) is 0 Å². The van der Waals surface area contributed by atoms with Crippen molar-refractivity contribution in [2.24, 2.45) is 0 Å². The molecule has 0 N–H and O–H groups in total. The summed E-state index contributed by atoms with van der Waals surface area (Å²) in [7, 11) is 0. The third-order valence-electron chi connectivity index (χ3n) is 6.40. The normalized spacial score (nSPS) is 20.3. The highest BCUT2D eigenvalue weighted by molar-refractivity contribution is 5.73. The van der Waals surface area contributed by atoms with E-state index in [2.05, 4.69) is 20.0 Å². The first-order chi connectivity index (χ1) is 15.2. The number of piperidine rings is 1. The molecule has 3 aromatic rings. The standard InChI is InChI=1S/C23H26N6O2/c1-16(30)28-13-8-19(9-14-28)29-12-2-3-21(29)23-26-22(27-31-23)18-4-5-20(25-15-18)17-6-10-24-11-7-17/h4-7,10-11,15,19,21H,2-3,8-9,12-14H2,1H3/t21-/m0/s1. The summed E-state index contributed by atoms with van der Waals surface area (Å²) in [5.74, 6) is 1.42. The van der Waals surface area contributed by atoms with Crippen molar-refractivity contribution in [2.45, 2.75) is 44.7 Å². The summed E-state index contributed by atoms with van der Waals surface area (Å²) in [5, 5.41) is 4.23.